The van der Waals surface area contributed by atoms with Crippen molar-refractivity contribution in [1.82, 2.24) is 10.1 Å². The Labute approximate surface area is 224 Å². The number of amides is 3. The summed E-state index contributed by atoms with van der Waals surface area (Å²) in [4.78, 5) is 56.2. The van der Waals surface area contributed by atoms with Crippen molar-refractivity contribution in [3.8, 4) is 11.3 Å². The summed E-state index contributed by atoms with van der Waals surface area (Å²) in [5.74, 6) is -2.05. The fraction of sp³-hybridized carbons (Fsp3) is 0.321. The van der Waals surface area contributed by atoms with E-state index in [2.05, 4.69) is 5.16 Å². The first kappa shape index (κ1) is 25.7. The van der Waals surface area contributed by atoms with Crippen molar-refractivity contribution in [3.05, 3.63) is 70.4 Å². The van der Waals surface area contributed by atoms with Gasteiger partial charge in [-0.15, -0.1) is 0 Å². The van der Waals surface area contributed by atoms with Gasteiger partial charge in [-0.2, -0.15) is 0 Å². The first-order chi connectivity index (χ1) is 17.9. The van der Waals surface area contributed by atoms with Gasteiger partial charge in [-0.25, -0.2) is 0 Å². The van der Waals surface area contributed by atoms with Gasteiger partial charge in [0.15, 0.2) is 11.2 Å². The van der Waals surface area contributed by atoms with Crippen LogP contribution in [-0.4, -0.2) is 45.9 Å². The predicted molar refractivity (Wildman–Crippen MR) is 138 cm³/mol. The average Bonchev–Trinajstić information content (AvgIpc) is 3.41. The molecule has 3 amide bonds. The molecule has 1 atom stereocenters. The maximum Gasteiger partial charge on any atom is 0.326 e. The molecule has 0 N–H and O–H groups in total. The smallest absolute Gasteiger partial charge is 0.326 e. The van der Waals surface area contributed by atoms with Crippen LogP contribution in [-0.2, 0) is 35.9 Å². The summed E-state index contributed by atoms with van der Waals surface area (Å²) < 4.78 is 10.9. The van der Waals surface area contributed by atoms with Crippen molar-refractivity contribution in [1.29, 1.82) is 0 Å². The summed E-state index contributed by atoms with van der Waals surface area (Å²) in [7, 11) is 0. The molecule has 9 nitrogen and oxygen atoms in total. The van der Waals surface area contributed by atoms with Crippen LogP contribution in [0.5, 0.6) is 0 Å². The fourth-order valence-corrected chi connectivity index (χ4v) is 5.20. The largest absolute Gasteiger partial charge is 0.459 e. The third kappa shape index (κ3) is 4.16. The lowest BCUT2D eigenvalue weighted by Gasteiger charge is -2.24. The Hall–Kier alpha value is -3.98. The molecule has 3 heterocycles. The van der Waals surface area contributed by atoms with E-state index in [9.17, 15) is 19.2 Å². The zero-order valence-corrected chi connectivity index (χ0v) is 22.2. The van der Waals surface area contributed by atoms with Gasteiger partial charge >= 0.3 is 5.97 Å². The molecule has 2 aliphatic heterocycles. The number of likely N-dealkylation sites (tertiary alicyclic amines) is 1. The first-order valence-corrected chi connectivity index (χ1v) is 12.5. The number of aryl methyl sites for hydroxylation is 1. The van der Waals surface area contributed by atoms with Crippen LogP contribution in [0.1, 0.15) is 44.0 Å². The van der Waals surface area contributed by atoms with E-state index in [0.29, 0.717) is 33.3 Å². The molecule has 1 aromatic heterocycles. The van der Waals surface area contributed by atoms with E-state index in [1.165, 1.54) is 11.0 Å². The van der Waals surface area contributed by atoms with Crippen molar-refractivity contribution in [3.63, 3.8) is 0 Å². The number of halogens is 1. The van der Waals surface area contributed by atoms with Crippen LogP contribution in [0.25, 0.3) is 11.3 Å². The Morgan fingerprint density at radius 1 is 1.08 bits per heavy atom. The van der Waals surface area contributed by atoms with Crippen molar-refractivity contribution >= 4 is 41.0 Å². The van der Waals surface area contributed by atoms with Crippen LogP contribution in [0.4, 0.5) is 5.69 Å². The molecule has 5 rings (SSSR count). The normalized spacial score (nSPS) is 19.0. The first-order valence-electron chi connectivity index (χ1n) is 12.1. The van der Waals surface area contributed by atoms with E-state index < -0.39 is 41.3 Å². The summed E-state index contributed by atoms with van der Waals surface area (Å²) in [6.45, 7) is 6.37. The van der Waals surface area contributed by atoms with E-state index in [4.69, 9.17) is 20.9 Å². The fourth-order valence-electron chi connectivity index (χ4n) is 5.03. The Balaban J connectivity index is 1.52. The van der Waals surface area contributed by atoms with Crippen molar-refractivity contribution in [2.75, 3.05) is 11.4 Å². The average molecular weight is 536 g/mol. The predicted octanol–water partition coefficient (Wildman–Crippen LogP) is 4.19. The van der Waals surface area contributed by atoms with Crippen molar-refractivity contribution in [2.45, 2.75) is 51.7 Å². The molecule has 1 fully saturated rings. The quantitative estimate of drug-likeness (QED) is 0.274. The molecular formula is C28H26ClN3O6. The van der Waals surface area contributed by atoms with Crippen molar-refractivity contribution in [2.24, 2.45) is 0 Å². The molecule has 3 aromatic rings. The summed E-state index contributed by atoms with van der Waals surface area (Å²) in [6.07, 6.45) is -0.381. The number of imide groups is 1. The number of ether oxygens (including phenoxy) is 1. The maximum absolute atomic E-state index is 14.0. The Bertz CT molecular complexity index is 1480. The minimum absolute atomic E-state index is 0.117. The van der Waals surface area contributed by atoms with Gasteiger partial charge in [0.2, 0.25) is 17.7 Å². The van der Waals surface area contributed by atoms with Crippen LogP contribution in [0, 0.1) is 6.92 Å². The number of benzene rings is 2. The van der Waals surface area contributed by atoms with Gasteiger partial charge < -0.3 is 9.26 Å². The van der Waals surface area contributed by atoms with E-state index in [1.807, 2.05) is 30.3 Å². The molecule has 1 saturated heterocycles. The number of esters is 1. The van der Waals surface area contributed by atoms with Crippen LogP contribution in [0.2, 0.25) is 5.02 Å². The van der Waals surface area contributed by atoms with Crippen LogP contribution >= 0.6 is 11.6 Å². The minimum Gasteiger partial charge on any atom is -0.459 e. The lowest BCUT2D eigenvalue weighted by molar-refractivity contribution is -0.154. The second kappa shape index (κ2) is 9.09. The maximum atomic E-state index is 14.0. The number of rotatable bonds is 5. The lowest BCUT2D eigenvalue weighted by Crippen LogP contribution is -2.48. The molecule has 196 valence electrons. The van der Waals surface area contributed by atoms with Gasteiger partial charge in [-0.1, -0.05) is 47.1 Å². The van der Waals surface area contributed by atoms with Gasteiger partial charge in [0.1, 0.15) is 12.1 Å². The molecule has 0 radical (unpaired) electrons. The van der Waals surface area contributed by atoms with E-state index in [1.54, 1.807) is 39.8 Å². The van der Waals surface area contributed by atoms with Crippen molar-refractivity contribution < 1.29 is 28.4 Å². The summed E-state index contributed by atoms with van der Waals surface area (Å²) in [5, 5.41) is 4.34. The molecule has 0 aliphatic carbocycles. The molecule has 10 heteroatoms. The third-order valence-corrected chi connectivity index (χ3v) is 6.93. The number of aromatic nitrogens is 1. The summed E-state index contributed by atoms with van der Waals surface area (Å²) in [6, 6.07) is 13.9. The minimum atomic E-state index is -1.82. The Morgan fingerprint density at radius 2 is 1.76 bits per heavy atom. The number of anilines is 1. The highest BCUT2D eigenvalue weighted by atomic mass is 35.5. The van der Waals surface area contributed by atoms with Gasteiger partial charge in [0.25, 0.3) is 0 Å². The molecule has 2 aromatic carbocycles. The number of hydrogen-bond donors (Lipinski definition) is 0. The number of hydrogen-bond acceptors (Lipinski definition) is 7. The zero-order valence-electron chi connectivity index (χ0n) is 21.4. The van der Waals surface area contributed by atoms with Crippen LogP contribution < -0.4 is 4.90 Å². The highest BCUT2D eigenvalue weighted by Crippen LogP contribution is 2.50. The van der Waals surface area contributed by atoms with Gasteiger partial charge in [-0.05, 0) is 45.9 Å². The van der Waals surface area contributed by atoms with Gasteiger partial charge in [0.05, 0.1) is 18.7 Å². The lowest BCUT2D eigenvalue weighted by atomic mass is 9.80. The Kier molecular flexibility index (Phi) is 6.14. The molecule has 1 spiro atoms. The second-order valence-electron chi connectivity index (χ2n) is 10.4. The molecule has 38 heavy (non-hydrogen) atoms. The summed E-state index contributed by atoms with van der Waals surface area (Å²) >= 11 is 6.27. The SMILES string of the molecule is Cc1noc(-c2ccccc2)c1CN1C(=O)CC2(C1=O)C(=O)N(CC(=O)OC(C)(C)C)c1ccc(Cl)cc12. The third-order valence-electron chi connectivity index (χ3n) is 6.69. The van der Waals surface area contributed by atoms with E-state index >= 15 is 0 Å². The van der Waals surface area contributed by atoms with Gasteiger partial charge in [-0.3, -0.25) is 29.0 Å². The monoisotopic (exact) mass is 535 g/mol. The topological polar surface area (TPSA) is 110 Å². The highest BCUT2D eigenvalue weighted by molar-refractivity contribution is 6.33. The molecule has 0 bridgehead atoms. The van der Waals surface area contributed by atoms with E-state index in [-0.39, 0.29) is 13.0 Å². The summed E-state index contributed by atoms with van der Waals surface area (Å²) in [5.41, 5.74) is -0.102. The van der Waals surface area contributed by atoms with E-state index in [0.717, 1.165) is 10.5 Å². The van der Waals surface area contributed by atoms with Crippen LogP contribution in [0.3, 0.4) is 0 Å². The molecule has 1 unspecified atom stereocenters. The number of fused-ring (bicyclic) bond motifs is 2. The highest BCUT2D eigenvalue weighted by Gasteiger charge is 2.64. The number of carbonyl (C=O) groups excluding carboxylic acids is 4. The number of carbonyl (C=O) groups is 4. The molecule has 0 saturated carbocycles. The van der Waals surface area contributed by atoms with Gasteiger partial charge in [0, 0.05) is 27.4 Å². The second-order valence-corrected chi connectivity index (χ2v) is 10.9. The number of nitrogens with zero attached hydrogens (tertiary/aromatic N) is 3. The standard InChI is InChI=1S/C28H26ClN3O6/c1-16-19(24(38-30-16)17-8-6-5-7-9-17)14-32-22(33)13-28(26(32)36)20-12-18(29)10-11-21(20)31(25(28)35)15-23(34)37-27(2,3)4/h5-12H,13-15H2,1-4H3. The van der Waals surface area contributed by atoms with Crippen LogP contribution in [0.15, 0.2) is 53.1 Å². The molecular weight excluding hydrogens is 510 g/mol. The Morgan fingerprint density at radius 3 is 2.45 bits per heavy atom. The molecule has 2 aliphatic rings. The zero-order chi connectivity index (χ0) is 27.4.